The number of halogens is 2. The van der Waals surface area contributed by atoms with Crippen molar-refractivity contribution in [2.75, 3.05) is 20.2 Å². The molecule has 0 unspecified atom stereocenters. The summed E-state index contributed by atoms with van der Waals surface area (Å²) >= 11 is 0. The molecule has 7 heteroatoms. The maximum atomic E-state index is 13.8. The van der Waals surface area contributed by atoms with Crippen molar-refractivity contribution in [3.63, 3.8) is 0 Å². The predicted molar refractivity (Wildman–Crippen MR) is 123 cm³/mol. The lowest BCUT2D eigenvalue weighted by molar-refractivity contribution is 0.386. The molecule has 0 fully saturated rings. The number of benzene rings is 2. The molecule has 0 amide bonds. The van der Waals surface area contributed by atoms with Crippen molar-refractivity contribution in [2.45, 2.75) is 19.9 Å². The number of hydrogen-bond acceptors (Lipinski definition) is 2. The van der Waals surface area contributed by atoms with Gasteiger partial charge in [-0.25, -0.2) is 9.38 Å². The second kappa shape index (κ2) is 10.9. The summed E-state index contributed by atoms with van der Waals surface area (Å²) in [7, 11) is 1.46. The standard InChI is InChI=1S/C21H25FN4O.HI/c1-3-23-21(26-13-15-8-9-20(27-2)18(22)12-15)24-11-10-16-14-25-19-7-5-4-6-17(16)19;/h4-9,12,14,25H,3,10-11,13H2,1-2H3,(H2,23,24,26);1H. The molecule has 3 aromatic rings. The second-order valence-corrected chi connectivity index (χ2v) is 6.20. The number of nitrogens with one attached hydrogen (secondary N) is 3. The van der Waals surface area contributed by atoms with Crippen molar-refractivity contribution >= 4 is 40.8 Å². The molecule has 3 rings (SSSR count). The molecule has 28 heavy (non-hydrogen) atoms. The maximum absolute atomic E-state index is 13.8. The quantitative estimate of drug-likeness (QED) is 0.261. The van der Waals surface area contributed by atoms with Crippen LogP contribution in [0.2, 0.25) is 0 Å². The van der Waals surface area contributed by atoms with Crippen molar-refractivity contribution in [1.29, 1.82) is 0 Å². The number of fused-ring (bicyclic) bond motifs is 1. The fourth-order valence-corrected chi connectivity index (χ4v) is 2.97. The minimum absolute atomic E-state index is 0. The normalized spacial score (nSPS) is 11.2. The van der Waals surface area contributed by atoms with Gasteiger partial charge in [0.05, 0.1) is 13.7 Å². The van der Waals surface area contributed by atoms with Gasteiger partial charge in [0.1, 0.15) is 0 Å². The van der Waals surface area contributed by atoms with Crippen molar-refractivity contribution in [2.24, 2.45) is 4.99 Å². The number of hydrogen-bond donors (Lipinski definition) is 3. The highest BCUT2D eigenvalue weighted by molar-refractivity contribution is 14.0. The van der Waals surface area contributed by atoms with E-state index in [0.717, 1.165) is 30.6 Å². The molecule has 3 N–H and O–H groups in total. The zero-order valence-electron chi connectivity index (χ0n) is 16.1. The minimum atomic E-state index is -0.373. The molecule has 2 aromatic carbocycles. The summed E-state index contributed by atoms with van der Waals surface area (Å²) in [6.07, 6.45) is 2.93. The SMILES string of the molecule is CCNC(=NCc1ccc(OC)c(F)c1)NCCc1c[nH]c2ccccc12.I. The molecule has 0 saturated heterocycles. The van der Waals surface area contributed by atoms with E-state index in [2.05, 4.69) is 38.9 Å². The summed E-state index contributed by atoms with van der Waals surface area (Å²) < 4.78 is 18.7. The van der Waals surface area contributed by atoms with Crippen LogP contribution in [-0.2, 0) is 13.0 Å². The molecule has 1 aromatic heterocycles. The third-order valence-electron chi connectivity index (χ3n) is 4.34. The Bertz CT molecular complexity index is 926. The first-order valence-electron chi connectivity index (χ1n) is 9.11. The summed E-state index contributed by atoms with van der Waals surface area (Å²) in [6.45, 7) is 3.92. The van der Waals surface area contributed by atoms with Crippen LogP contribution in [0.3, 0.4) is 0 Å². The van der Waals surface area contributed by atoms with Gasteiger partial charge in [0.25, 0.3) is 0 Å². The Morgan fingerprint density at radius 1 is 1.18 bits per heavy atom. The van der Waals surface area contributed by atoms with Crippen LogP contribution in [0.5, 0.6) is 5.75 Å². The van der Waals surface area contributed by atoms with Gasteiger partial charge >= 0.3 is 0 Å². The molecule has 0 spiro atoms. The van der Waals surface area contributed by atoms with Crippen LogP contribution >= 0.6 is 24.0 Å². The van der Waals surface area contributed by atoms with Gasteiger partial charge in [0, 0.05) is 30.2 Å². The van der Waals surface area contributed by atoms with E-state index in [9.17, 15) is 4.39 Å². The highest BCUT2D eigenvalue weighted by atomic mass is 127. The molecule has 1 heterocycles. The van der Waals surface area contributed by atoms with Crippen LogP contribution in [0.1, 0.15) is 18.1 Å². The number of aliphatic imine (C=N–C) groups is 1. The van der Waals surface area contributed by atoms with E-state index in [1.807, 2.05) is 25.1 Å². The number of rotatable bonds is 7. The van der Waals surface area contributed by atoms with E-state index in [-0.39, 0.29) is 35.5 Å². The van der Waals surface area contributed by atoms with E-state index in [0.29, 0.717) is 12.5 Å². The zero-order chi connectivity index (χ0) is 19.1. The fraction of sp³-hybridized carbons (Fsp3) is 0.286. The Labute approximate surface area is 181 Å². The van der Waals surface area contributed by atoms with Crippen LogP contribution in [0.4, 0.5) is 4.39 Å². The first-order valence-corrected chi connectivity index (χ1v) is 9.11. The van der Waals surface area contributed by atoms with Gasteiger partial charge in [0.15, 0.2) is 17.5 Å². The van der Waals surface area contributed by atoms with Crippen LogP contribution in [0.25, 0.3) is 10.9 Å². The smallest absolute Gasteiger partial charge is 0.191 e. The summed E-state index contributed by atoms with van der Waals surface area (Å²) in [5.41, 5.74) is 3.21. The highest BCUT2D eigenvalue weighted by Crippen LogP contribution is 2.18. The van der Waals surface area contributed by atoms with Crippen molar-refractivity contribution in [3.05, 3.63) is 65.6 Å². The first kappa shape index (κ1) is 22.0. The number of methoxy groups -OCH3 is 1. The lowest BCUT2D eigenvalue weighted by Gasteiger charge is -2.11. The largest absolute Gasteiger partial charge is 0.494 e. The van der Waals surface area contributed by atoms with E-state index >= 15 is 0 Å². The Kier molecular flexibility index (Phi) is 8.56. The Hall–Kier alpha value is -2.29. The summed E-state index contributed by atoms with van der Waals surface area (Å²) in [6, 6.07) is 13.2. The molecule has 0 saturated carbocycles. The molecule has 5 nitrogen and oxygen atoms in total. The average molecular weight is 496 g/mol. The van der Waals surface area contributed by atoms with Gasteiger partial charge in [-0.05, 0) is 42.7 Å². The number of ether oxygens (including phenoxy) is 1. The molecule has 0 bridgehead atoms. The van der Waals surface area contributed by atoms with Gasteiger partial charge in [0.2, 0.25) is 0 Å². The second-order valence-electron chi connectivity index (χ2n) is 6.20. The number of aromatic amines is 1. The molecular formula is C21H26FIN4O. The van der Waals surface area contributed by atoms with E-state index in [1.54, 1.807) is 6.07 Å². The van der Waals surface area contributed by atoms with E-state index < -0.39 is 0 Å². The van der Waals surface area contributed by atoms with Gasteiger partial charge in [-0.15, -0.1) is 24.0 Å². The zero-order valence-corrected chi connectivity index (χ0v) is 18.4. The molecule has 0 aliphatic carbocycles. The third kappa shape index (κ3) is 5.60. The monoisotopic (exact) mass is 496 g/mol. The minimum Gasteiger partial charge on any atom is -0.494 e. The van der Waals surface area contributed by atoms with Crippen LogP contribution < -0.4 is 15.4 Å². The third-order valence-corrected chi connectivity index (χ3v) is 4.34. The number of para-hydroxylation sites is 1. The average Bonchev–Trinajstić information content (AvgIpc) is 3.09. The van der Waals surface area contributed by atoms with Crippen molar-refractivity contribution < 1.29 is 9.13 Å². The number of nitrogens with zero attached hydrogens (tertiary/aromatic N) is 1. The molecular weight excluding hydrogens is 470 g/mol. The number of guanidine groups is 1. The van der Waals surface area contributed by atoms with Crippen molar-refractivity contribution in [3.8, 4) is 5.75 Å². The van der Waals surface area contributed by atoms with Gasteiger partial charge < -0.3 is 20.4 Å². The first-order chi connectivity index (χ1) is 13.2. The molecule has 0 radical (unpaired) electrons. The number of aromatic nitrogens is 1. The molecule has 150 valence electrons. The Morgan fingerprint density at radius 2 is 2.00 bits per heavy atom. The summed E-state index contributed by atoms with van der Waals surface area (Å²) in [5, 5.41) is 7.80. The fourth-order valence-electron chi connectivity index (χ4n) is 2.97. The molecule has 0 atom stereocenters. The summed E-state index contributed by atoms with van der Waals surface area (Å²) in [4.78, 5) is 7.83. The topological polar surface area (TPSA) is 61.4 Å². The summed E-state index contributed by atoms with van der Waals surface area (Å²) in [5.74, 6) is 0.586. The van der Waals surface area contributed by atoms with Crippen LogP contribution in [0, 0.1) is 5.82 Å². The molecule has 0 aliphatic rings. The lowest BCUT2D eigenvalue weighted by Crippen LogP contribution is -2.38. The van der Waals surface area contributed by atoms with E-state index in [1.165, 1.54) is 24.1 Å². The van der Waals surface area contributed by atoms with Gasteiger partial charge in [-0.1, -0.05) is 24.3 Å². The number of H-pyrrole nitrogens is 1. The van der Waals surface area contributed by atoms with Crippen molar-refractivity contribution in [1.82, 2.24) is 15.6 Å². The Balaban J connectivity index is 0.00000280. The highest BCUT2D eigenvalue weighted by Gasteiger charge is 2.05. The molecule has 0 aliphatic heterocycles. The predicted octanol–water partition coefficient (Wildman–Crippen LogP) is 4.23. The Morgan fingerprint density at radius 3 is 2.75 bits per heavy atom. The van der Waals surface area contributed by atoms with Crippen LogP contribution in [0.15, 0.2) is 53.7 Å². The lowest BCUT2D eigenvalue weighted by atomic mass is 10.1. The van der Waals surface area contributed by atoms with Crippen LogP contribution in [-0.4, -0.2) is 31.1 Å². The van der Waals surface area contributed by atoms with Gasteiger partial charge in [-0.3, -0.25) is 0 Å². The maximum Gasteiger partial charge on any atom is 0.191 e. The van der Waals surface area contributed by atoms with Gasteiger partial charge in [-0.2, -0.15) is 0 Å². The van der Waals surface area contributed by atoms with E-state index in [4.69, 9.17) is 4.74 Å².